The second-order valence-electron chi connectivity index (χ2n) is 4.66. The number of nitrogens with two attached hydrogens (primary N) is 1. The van der Waals surface area contributed by atoms with E-state index < -0.39 is 16.9 Å². The van der Waals surface area contributed by atoms with E-state index in [1.807, 2.05) is 6.07 Å². The Kier molecular flexibility index (Phi) is 4.70. The van der Waals surface area contributed by atoms with Crippen molar-refractivity contribution in [3.05, 3.63) is 69.8 Å². The third-order valence-electron chi connectivity index (χ3n) is 3.15. The molecular weight excluding hydrogens is 286 g/mol. The number of nitro benzene ring substituents is 1. The minimum absolute atomic E-state index is 0.0563. The fourth-order valence-electron chi connectivity index (χ4n) is 1.99. The summed E-state index contributed by atoms with van der Waals surface area (Å²) in [5.41, 5.74) is 5.81. The normalized spacial score (nSPS) is 11.7. The molecule has 2 aromatic rings. The Morgan fingerprint density at radius 2 is 1.95 bits per heavy atom. The van der Waals surface area contributed by atoms with Crippen LogP contribution in [0.5, 0.6) is 0 Å². The largest absolute Gasteiger partial charge is 0.387 e. The van der Waals surface area contributed by atoms with Gasteiger partial charge in [0, 0.05) is 18.2 Å². The molecule has 7 nitrogen and oxygen atoms in total. The Balaban J connectivity index is 2.15. The third-order valence-corrected chi connectivity index (χ3v) is 3.15. The first kappa shape index (κ1) is 15.5. The lowest BCUT2D eigenvalue weighted by Gasteiger charge is -2.13. The minimum Gasteiger partial charge on any atom is -0.387 e. The lowest BCUT2D eigenvalue weighted by atomic mass is 10.1. The zero-order valence-corrected chi connectivity index (χ0v) is 11.6. The molecule has 114 valence electrons. The number of anilines is 1. The van der Waals surface area contributed by atoms with E-state index >= 15 is 0 Å². The molecule has 0 unspecified atom stereocenters. The summed E-state index contributed by atoms with van der Waals surface area (Å²) in [5, 5.41) is 23.9. The highest BCUT2D eigenvalue weighted by Gasteiger charge is 2.17. The van der Waals surface area contributed by atoms with Crippen molar-refractivity contribution in [3.63, 3.8) is 0 Å². The number of hydrogen-bond acceptors (Lipinski definition) is 5. The van der Waals surface area contributed by atoms with Crippen molar-refractivity contribution in [2.45, 2.75) is 6.10 Å². The topological polar surface area (TPSA) is 118 Å². The number of primary amides is 1. The SMILES string of the molecule is NC(=O)c1ccc(NC[C@@H](O)c2ccccc2)c([N+](=O)[O-])c1. The van der Waals surface area contributed by atoms with E-state index in [4.69, 9.17) is 5.73 Å². The van der Waals surface area contributed by atoms with Gasteiger partial charge in [-0.25, -0.2) is 0 Å². The fourth-order valence-corrected chi connectivity index (χ4v) is 1.99. The molecule has 1 atom stereocenters. The summed E-state index contributed by atoms with van der Waals surface area (Å²) >= 11 is 0. The number of nitrogens with one attached hydrogen (secondary N) is 1. The number of carbonyl (C=O) groups excluding carboxylic acids is 1. The highest BCUT2D eigenvalue weighted by atomic mass is 16.6. The molecule has 0 heterocycles. The molecule has 0 aliphatic heterocycles. The highest BCUT2D eigenvalue weighted by molar-refractivity contribution is 5.94. The molecule has 7 heteroatoms. The Morgan fingerprint density at radius 1 is 1.27 bits per heavy atom. The monoisotopic (exact) mass is 301 g/mol. The molecule has 0 fully saturated rings. The van der Waals surface area contributed by atoms with Gasteiger partial charge in [0.25, 0.3) is 5.69 Å². The highest BCUT2D eigenvalue weighted by Crippen LogP contribution is 2.26. The first-order chi connectivity index (χ1) is 10.5. The summed E-state index contributed by atoms with van der Waals surface area (Å²) < 4.78 is 0. The number of benzene rings is 2. The molecule has 0 aliphatic carbocycles. The van der Waals surface area contributed by atoms with Gasteiger partial charge < -0.3 is 16.2 Å². The molecule has 0 radical (unpaired) electrons. The first-order valence-corrected chi connectivity index (χ1v) is 6.54. The van der Waals surface area contributed by atoms with Gasteiger partial charge in [-0.1, -0.05) is 30.3 Å². The van der Waals surface area contributed by atoms with Crippen molar-refractivity contribution in [1.29, 1.82) is 0 Å². The summed E-state index contributed by atoms with van der Waals surface area (Å²) in [6, 6.07) is 12.8. The van der Waals surface area contributed by atoms with Crippen molar-refractivity contribution in [1.82, 2.24) is 0 Å². The van der Waals surface area contributed by atoms with Crippen LogP contribution in [0, 0.1) is 10.1 Å². The van der Waals surface area contributed by atoms with Crippen LogP contribution in [0.4, 0.5) is 11.4 Å². The fraction of sp³-hybridized carbons (Fsp3) is 0.133. The molecule has 2 aromatic carbocycles. The maximum Gasteiger partial charge on any atom is 0.293 e. The number of hydrogen-bond donors (Lipinski definition) is 3. The van der Waals surface area contributed by atoms with Gasteiger partial charge in [0.05, 0.1) is 11.0 Å². The Hall–Kier alpha value is -2.93. The van der Waals surface area contributed by atoms with Gasteiger partial charge >= 0.3 is 0 Å². The van der Waals surface area contributed by atoms with E-state index in [0.29, 0.717) is 5.56 Å². The van der Waals surface area contributed by atoms with E-state index in [1.165, 1.54) is 12.1 Å². The van der Waals surface area contributed by atoms with Crippen LogP contribution in [0.25, 0.3) is 0 Å². The first-order valence-electron chi connectivity index (χ1n) is 6.54. The summed E-state index contributed by atoms with van der Waals surface area (Å²) in [6.45, 7) is 0.0980. The average Bonchev–Trinajstić information content (AvgIpc) is 2.53. The number of rotatable bonds is 6. The number of nitrogens with zero attached hydrogens (tertiary/aromatic N) is 1. The number of aliphatic hydroxyl groups excluding tert-OH is 1. The number of nitro groups is 1. The van der Waals surface area contributed by atoms with Crippen LogP contribution in [-0.4, -0.2) is 22.5 Å². The van der Waals surface area contributed by atoms with E-state index in [9.17, 15) is 20.0 Å². The van der Waals surface area contributed by atoms with Gasteiger partial charge in [0.15, 0.2) is 0 Å². The summed E-state index contributed by atoms with van der Waals surface area (Å²) in [5.74, 6) is -0.737. The van der Waals surface area contributed by atoms with Crippen LogP contribution in [0.1, 0.15) is 22.0 Å². The Morgan fingerprint density at radius 3 is 2.55 bits per heavy atom. The van der Waals surface area contributed by atoms with Crippen LogP contribution in [0.2, 0.25) is 0 Å². The maximum atomic E-state index is 11.1. The number of aliphatic hydroxyl groups is 1. The van der Waals surface area contributed by atoms with E-state index in [1.54, 1.807) is 24.3 Å². The predicted octanol–water partition coefficient (Wildman–Crippen LogP) is 1.84. The van der Waals surface area contributed by atoms with E-state index in [0.717, 1.165) is 6.07 Å². The van der Waals surface area contributed by atoms with Gasteiger partial charge in [-0.3, -0.25) is 14.9 Å². The van der Waals surface area contributed by atoms with Crippen LogP contribution >= 0.6 is 0 Å². The van der Waals surface area contributed by atoms with Gasteiger partial charge in [-0.15, -0.1) is 0 Å². The maximum absolute atomic E-state index is 11.1. The van der Waals surface area contributed by atoms with Gasteiger partial charge in [0.2, 0.25) is 5.91 Å². The summed E-state index contributed by atoms with van der Waals surface area (Å²) in [7, 11) is 0. The van der Waals surface area contributed by atoms with Crippen LogP contribution in [0.15, 0.2) is 48.5 Å². The van der Waals surface area contributed by atoms with Crippen LogP contribution in [-0.2, 0) is 0 Å². The van der Waals surface area contributed by atoms with E-state index in [2.05, 4.69) is 5.32 Å². The molecule has 2 rings (SSSR count). The smallest absolute Gasteiger partial charge is 0.293 e. The van der Waals surface area contributed by atoms with Crippen LogP contribution < -0.4 is 11.1 Å². The van der Waals surface area contributed by atoms with Crippen molar-refractivity contribution >= 4 is 17.3 Å². The zero-order valence-electron chi connectivity index (χ0n) is 11.6. The zero-order chi connectivity index (χ0) is 16.1. The average molecular weight is 301 g/mol. The Bertz CT molecular complexity index is 688. The third kappa shape index (κ3) is 3.58. The molecule has 0 aromatic heterocycles. The van der Waals surface area contributed by atoms with Crippen LogP contribution in [0.3, 0.4) is 0 Å². The molecule has 0 aliphatic rings. The standard InChI is InChI=1S/C15H15N3O4/c16-15(20)11-6-7-12(13(8-11)18(21)22)17-9-14(19)10-4-2-1-3-5-10/h1-8,14,17,19H,9H2,(H2,16,20)/t14-/m1/s1. The van der Waals surface area contributed by atoms with Gasteiger partial charge in [-0.05, 0) is 17.7 Å². The molecule has 0 saturated heterocycles. The van der Waals surface area contributed by atoms with Gasteiger partial charge in [0.1, 0.15) is 5.69 Å². The second-order valence-corrected chi connectivity index (χ2v) is 4.66. The molecule has 0 spiro atoms. The quantitative estimate of drug-likeness (QED) is 0.555. The molecule has 22 heavy (non-hydrogen) atoms. The van der Waals surface area contributed by atoms with Gasteiger partial charge in [-0.2, -0.15) is 0 Å². The molecule has 0 bridgehead atoms. The summed E-state index contributed by atoms with van der Waals surface area (Å²) in [6.07, 6.45) is -0.809. The van der Waals surface area contributed by atoms with Crippen molar-refractivity contribution in [2.24, 2.45) is 5.73 Å². The molecular formula is C15H15N3O4. The predicted molar refractivity (Wildman–Crippen MR) is 81.5 cm³/mol. The summed E-state index contributed by atoms with van der Waals surface area (Å²) in [4.78, 5) is 21.5. The van der Waals surface area contributed by atoms with Crippen molar-refractivity contribution < 1.29 is 14.8 Å². The number of amides is 1. The lowest BCUT2D eigenvalue weighted by Crippen LogP contribution is -2.14. The Labute approximate surface area is 126 Å². The number of carbonyl (C=O) groups is 1. The van der Waals surface area contributed by atoms with E-state index in [-0.39, 0.29) is 23.5 Å². The second kappa shape index (κ2) is 6.68. The van der Waals surface area contributed by atoms with Crippen molar-refractivity contribution in [2.75, 3.05) is 11.9 Å². The molecule has 1 amide bonds. The minimum atomic E-state index is -0.809. The molecule has 4 N–H and O–H groups in total. The van der Waals surface area contributed by atoms with Crippen molar-refractivity contribution in [3.8, 4) is 0 Å². The molecule has 0 saturated carbocycles. The lowest BCUT2D eigenvalue weighted by molar-refractivity contribution is -0.384.